The normalized spacial score (nSPS) is 25.3. The van der Waals surface area contributed by atoms with Gasteiger partial charge in [-0.3, -0.25) is 4.79 Å². The van der Waals surface area contributed by atoms with Crippen LogP contribution >= 0.6 is 0 Å². The van der Waals surface area contributed by atoms with Crippen LogP contribution in [0.15, 0.2) is 18.2 Å². The molecule has 3 rings (SSSR count). The Labute approximate surface area is 144 Å². The summed E-state index contributed by atoms with van der Waals surface area (Å²) in [7, 11) is -0.508. The van der Waals surface area contributed by atoms with Crippen LogP contribution in [-0.2, 0) is 9.31 Å². The molecule has 1 N–H and O–H groups in total. The van der Waals surface area contributed by atoms with E-state index in [0.29, 0.717) is 11.1 Å². The highest BCUT2D eigenvalue weighted by atomic mass is 16.7. The van der Waals surface area contributed by atoms with Crippen molar-refractivity contribution in [2.24, 2.45) is 0 Å². The van der Waals surface area contributed by atoms with E-state index < -0.39 is 30.1 Å². The maximum Gasteiger partial charge on any atom is 0.494 e. The Bertz CT molecular complexity index is 677. The molecule has 0 radical (unpaired) electrons. The molecule has 1 atom stereocenters. The number of aliphatic hydroxyl groups is 1. The van der Waals surface area contributed by atoms with Gasteiger partial charge < -0.3 is 19.3 Å². The summed E-state index contributed by atoms with van der Waals surface area (Å²) in [5.41, 5.74) is 0.653. The minimum absolute atomic E-state index is 0.148. The van der Waals surface area contributed by atoms with Gasteiger partial charge in [-0.25, -0.2) is 0 Å². The lowest BCUT2D eigenvalue weighted by atomic mass is 9.78. The van der Waals surface area contributed by atoms with Crippen molar-refractivity contribution >= 4 is 18.5 Å². The zero-order chi connectivity index (χ0) is 18.1. The fourth-order valence-electron chi connectivity index (χ4n) is 3.17. The first-order chi connectivity index (χ1) is 10.8. The molecule has 130 valence electrons. The molecule has 2 aliphatic heterocycles. The lowest BCUT2D eigenvalue weighted by molar-refractivity contribution is -0.0228. The van der Waals surface area contributed by atoms with Crippen molar-refractivity contribution < 1.29 is 19.2 Å². The first-order valence-corrected chi connectivity index (χ1v) is 8.36. The third-order valence-corrected chi connectivity index (χ3v) is 5.30. The van der Waals surface area contributed by atoms with Crippen molar-refractivity contribution in [1.82, 2.24) is 4.90 Å². The third-order valence-electron chi connectivity index (χ3n) is 5.30. The molecular weight excluding hydrogens is 305 g/mol. The van der Waals surface area contributed by atoms with Crippen LogP contribution in [0.3, 0.4) is 0 Å². The van der Waals surface area contributed by atoms with Gasteiger partial charge in [0.1, 0.15) is 0 Å². The Balaban J connectivity index is 1.96. The van der Waals surface area contributed by atoms with Gasteiger partial charge in [0.15, 0.2) is 6.23 Å². The second-order valence-corrected chi connectivity index (χ2v) is 8.65. The van der Waals surface area contributed by atoms with E-state index in [2.05, 4.69) is 0 Å². The first kappa shape index (κ1) is 17.5. The summed E-state index contributed by atoms with van der Waals surface area (Å²) in [6, 6.07) is 5.43. The van der Waals surface area contributed by atoms with Crippen LogP contribution in [0, 0.1) is 0 Å². The van der Waals surface area contributed by atoms with E-state index in [1.54, 1.807) is 6.07 Å². The molecule has 0 aromatic heterocycles. The van der Waals surface area contributed by atoms with Crippen molar-refractivity contribution in [3.05, 3.63) is 29.3 Å². The van der Waals surface area contributed by atoms with Gasteiger partial charge in [-0.1, -0.05) is 12.1 Å². The molecule has 0 aliphatic carbocycles. The van der Waals surface area contributed by atoms with E-state index in [0.717, 1.165) is 5.46 Å². The van der Waals surface area contributed by atoms with E-state index in [1.807, 2.05) is 60.6 Å². The minimum Gasteiger partial charge on any atom is -0.399 e. The molecule has 2 heterocycles. The number of benzene rings is 1. The number of carbonyl (C=O) groups excluding carboxylic acids is 1. The number of hydrogen-bond acceptors (Lipinski definition) is 4. The summed E-state index contributed by atoms with van der Waals surface area (Å²) >= 11 is 0. The van der Waals surface area contributed by atoms with Gasteiger partial charge in [-0.05, 0) is 60.0 Å². The maximum atomic E-state index is 12.6. The summed E-state index contributed by atoms with van der Waals surface area (Å²) in [4.78, 5) is 14.1. The average Bonchev–Trinajstić information content (AvgIpc) is 2.80. The number of aliphatic hydroxyl groups excluding tert-OH is 1. The van der Waals surface area contributed by atoms with E-state index in [-0.39, 0.29) is 5.91 Å². The number of nitrogens with zero attached hydrogens (tertiary/aromatic N) is 1. The van der Waals surface area contributed by atoms with Crippen LogP contribution < -0.4 is 5.46 Å². The van der Waals surface area contributed by atoms with Crippen molar-refractivity contribution in [1.29, 1.82) is 0 Å². The van der Waals surface area contributed by atoms with Gasteiger partial charge in [0.2, 0.25) is 0 Å². The van der Waals surface area contributed by atoms with Gasteiger partial charge in [0, 0.05) is 16.7 Å². The van der Waals surface area contributed by atoms with Crippen LogP contribution in [0.2, 0.25) is 0 Å². The fourth-order valence-corrected chi connectivity index (χ4v) is 3.17. The molecule has 0 bridgehead atoms. The molecule has 6 heteroatoms. The first-order valence-electron chi connectivity index (χ1n) is 8.36. The summed E-state index contributed by atoms with van der Waals surface area (Å²) in [5.74, 6) is -0.148. The smallest absolute Gasteiger partial charge is 0.399 e. The van der Waals surface area contributed by atoms with Gasteiger partial charge in [0.25, 0.3) is 5.91 Å². The van der Waals surface area contributed by atoms with Crippen LogP contribution in [0.5, 0.6) is 0 Å². The Morgan fingerprint density at radius 2 is 1.67 bits per heavy atom. The SMILES string of the molecule is CC(C)(C)N1C(=O)c2ccc(B3OC(C)(C)C(C)(C)O3)cc2C1O. The summed E-state index contributed by atoms with van der Waals surface area (Å²) < 4.78 is 12.1. The summed E-state index contributed by atoms with van der Waals surface area (Å²) in [6.45, 7) is 13.7. The van der Waals surface area contributed by atoms with Gasteiger partial charge >= 0.3 is 7.12 Å². The van der Waals surface area contributed by atoms with Gasteiger partial charge in [-0.2, -0.15) is 0 Å². The minimum atomic E-state index is -0.949. The quantitative estimate of drug-likeness (QED) is 0.802. The molecule has 24 heavy (non-hydrogen) atoms. The molecule has 5 nitrogen and oxygen atoms in total. The maximum absolute atomic E-state index is 12.6. The highest BCUT2D eigenvalue weighted by Gasteiger charge is 2.52. The van der Waals surface area contributed by atoms with Gasteiger partial charge in [-0.15, -0.1) is 0 Å². The van der Waals surface area contributed by atoms with Crippen LogP contribution in [0.4, 0.5) is 0 Å². The Hall–Kier alpha value is -1.37. The molecule has 1 aromatic rings. The number of carbonyl (C=O) groups is 1. The molecule has 1 amide bonds. The molecule has 1 fully saturated rings. The van der Waals surface area contributed by atoms with E-state index in [4.69, 9.17) is 9.31 Å². The van der Waals surface area contributed by atoms with Gasteiger partial charge in [0.05, 0.1) is 11.2 Å². The highest BCUT2D eigenvalue weighted by molar-refractivity contribution is 6.62. The summed E-state index contributed by atoms with van der Waals surface area (Å²) in [6.07, 6.45) is -0.949. The second-order valence-electron chi connectivity index (χ2n) is 8.65. The predicted octanol–water partition coefficient (Wildman–Crippen LogP) is 2.23. The molecule has 1 unspecified atom stereocenters. The molecule has 0 saturated carbocycles. The van der Waals surface area contributed by atoms with Crippen LogP contribution in [-0.4, -0.2) is 39.8 Å². The lowest BCUT2D eigenvalue weighted by Gasteiger charge is -2.34. The lowest BCUT2D eigenvalue weighted by Crippen LogP contribution is -2.43. The predicted molar refractivity (Wildman–Crippen MR) is 93.0 cm³/mol. The number of fused-ring (bicyclic) bond motifs is 1. The number of amides is 1. The zero-order valence-corrected chi connectivity index (χ0v) is 15.5. The van der Waals surface area contributed by atoms with Crippen molar-refractivity contribution in [2.45, 2.75) is 71.4 Å². The topological polar surface area (TPSA) is 59.0 Å². The van der Waals surface area contributed by atoms with E-state index in [1.165, 1.54) is 4.90 Å². The standard InChI is InChI=1S/C18H26BNO4/c1-16(2,3)20-14(21)12-9-8-11(10-13(12)15(20)22)19-23-17(4,5)18(6,7)24-19/h8-10,15,22H,1-7H3. The number of rotatable bonds is 1. The molecule has 2 aliphatic rings. The molecule has 1 saturated heterocycles. The van der Waals surface area contributed by atoms with Crippen LogP contribution in [0.1, 0.15) is 70.6 Å². The monoisotopic (exact) mass is 331 g/mol. The highest BCUT2D eigenvalue weighted by Crippen LogP contribution is 2.39. The Morgan fingerprint density at radius 3 is 2.17 bits per heavy atom. The largest absolute Gasteiger partial charge is 0.494 e. The fraction of sp³-hybridized carbons (Fsp3) is 0.611. The zero-order valence-electron chi connectivity index (χ0n) is 15.5. The molecule has 1 aromatic carbocycles. The van der Waals surface area contributed by atoms with Crippen molar-refractivity contribution in [3.8, 4) is 0 Å². The number of hydrogen-bond donors (Lipinski definition) is 1. The average molecular weight is 331 g/mol. The molecule has 0 spiro atoms. The Kier molecular flexibility index (Phi) is 3.69. The second kappa shape index (κ2) is 5.07. The van der Waals surface area contributed by atoms with E-state index >= 15 is 0 Å². The Morgan fingerprint density at radius 1 is 1.12 bits per heavy atom. The van der Waals surface area contributed by atoms with Crippen molar-refractivity contribution in [3.63, 3.8) is 0 Å². The molecular formula is C18H26BNO4. The summed E-state index contributed by atoms with van der Waals surface area (Å²) in [5, 5.41) is 10.6. The third kappa shape index (κ3) is 2.48. The van der Waals surface area contributed by atoms with E-state index in [9.17, 15) is 9.90 Å². The van der Waals surface area contributed by atoms with Crippen molar-refractivity contribution in [2.75, 3.05) is 0 Å². The van der Waals surface area contributed by atoms with Crippen LogP contribution in [0.25, 0.3) is 0 Å².